The number of carboxylic acids is 1. The standard InChI is InChI=1S/C21H15Cl2FN4O2/c22-16-2-1-15-17(28-4-3-25-11-28)9-18(27-21(15)20(16)23)26-10-13-5-12(8-19(29)30)6-14(24)7-13/h1-7,9,11H,8,10H2,(H,26,27)(H,29,30). The van der Waals surface area contributed by atoms with E-state index >= 15 is 0 Å². The van der Waals surface area contributed by atoms with Crippen LogP contribution >= 0.6 is 23.2 Å². The van der Waals surface area contributed by atoms with Gasteiger partial charge >= 0.3 is 5.97 Å². The van der Waals surface area contributed by atoms with E-state index in [2.05, 4.69) is 15.3 Å². The first-order chi connectivity index (χ1) is 14.4. The molecule has 0 saturated carbocycles. The molecule has 30 heavy (non-hydrogen) atoms. The van der Waals surface area contributed by atoms with Crippen LogP contribution in [0.2, 0.25) is 10.0 Å². The number of hydrogen-bond acceptors (Lipinski definition) is 4. The average molecular weight is 445 g/mol. The third-order valence-electron chi connectivity index (χ3n) is 4.48. The molecule has 0 radical (unpaired) electrons. The molecule has 9 heteroatoms. The minimum absolute atomic E-state index is 0.241. The van der Waals surface area contributed by atoms with Gasteiger partial charge in [0.2, 0.25) is 0 Å². The number of benzene rings is 2. The number of aliphatic carboxylic acids is 1. The highest BCUT2D eigenvalue weighted by molar-refractivity contribution is 6.45. The second-order valence-electron chi connectivity index (χ2n) is 6.65. The summed E-state index contributed by atoms with van der Waals surface area (Å²) in [6.45, 7) is 0.241. The second kappa shape index (κ2) is 8.30. The topological polar surface area (TPSA) is 80.0 Å². The van der Waals surface area contributed by atoms with Gasteiger partial charge < -0.3 is 15.0 Å². The van der Waals surface area contributed by atoms with Crippen LogP contribution in [0.4, 0.5) is 10.2 Å². The molecule has 0 aliphatic carbocycles. The molecule has 0 aliphatic rings. The van der Waals surface area contributed by atoms with Gasteiger partial charge in [0, 0.05) is 30.4 Å². The first-order valence-electron chi connectivity index (χ1n) is 8.92. The van der Waals surface area contributed by atoms with E-state index < -0.39 is 11.8 Å². The lowest BCUT2D eigenvalue weighted by atomic mass is 10.1. The maximum Gasteiger partial charge on any atom is 0.307 e. The Balaban J connectivity index is 1.71. The van der Waals surface area contributed by atoms with E-state index in [-0.39, 0.29) is 13.0 Å². The van der Waals surface area contributed by atoms with E-state index in [4.69, 9.17) is 28.3 Å². The van der Waals surface area contributed by atoms with E-state index in [1.807, 2.05) is 16.7 Å². The van der Waals surface area contributed by atoms with Crippen molar-refractivity contribution in [3.05, 3.63) is 82.1 Å². The predicted molar refractivity (Wildman–Crippen MR) is 114 cm³/mol. The number of halogens is 3. The third-order valence-corrected chi connectivity index (χ3v) is 5.27. The third kappa shape index (κ3) is 4.22. The van der Waals surface area contributed by atoms with Crippen LogP contribution in [0.3, 0.4) is 0 Å². The number of anilines is 1. The Morgan fingerprint density at radius 3 is 2.70 bits per heavy atom. The molecular weight excluding hydrogens is 430 g/mol. The van der Waals surface area contributed by atoms with Gasteiger partial charge in [0.1, 0.15) is 11.6 Å². The fourth-order valence-corrected chi connectivity index (χ4v) is 3.57. The number of imidazole rings is 1. The molecule has 0 fully saturated rings. The van der Waals surface area contributed by atoms with Gasteiger partial charge in [0.15, 0.2) is 0 Å². The van der Waals surface area contributed by atoms with Crippen molar-refractivity contribution in [1.29, 1.82) is 0 Å². The maximum absolute atomic E-state index is 13.9. The highest BCUT2D eigenvalue weighted by atomic mass is 35.5. The highest BCUT2D eigenvalue weighted by Gasteiger charge is 2.13. The Hall–Kier alpha value is -3.16. The number of nitrogens with zero attached hydrogens (tertiary/aromatic N) is 3. The zero-order valence-electron chi connectivity index (χ0n) is 15.4. The number of fused-ring (bicyclic) bond motifs is 1. The van der Waals surface area contributed by atoms with Crippen molar-refractivity contribution < 1.29 is 14.3 Å². The van der Waals surface area contributed by atoms with Crippen molar-refractivity contribution in [1.82, 2.24) is 14.5 Å². The molecule has 0 aliphatic heterocycles. The molecule has 4 rings (SSSR count). The molecule has 0 atom stereocenters. The fraction of sp³-hybridized carbons (Fsp3) is 0.0952. The molecule has 2 heterocycles. The summed E-state index contributed by atoms with van der Waals surface area (Å²) < 4.78 is 15.7. The first kappa shape index (κ1) is 20.1. The number of rotatable bonds is 6. The Morgan fingerprint density at radius 2 is 1.97 bits per heavy atom. The summed E-state index contributed by atoms with van der Waals surface area (Å²) in [7, 11) is 0. The molecule has 2 aromatic heterocycles. The SMILES string of the molecule is O=C(O)Cc1cc(F)cc(CNc2cc(-n3ccnc3)c3ccc(Cl)c(Cl)c3n2)c1. The van der Waals surface area contributed by atoms with Crippen LogP contribution in [0.5, 0.6) is 0 Å². The van der Waals surface area contributed by atoms with Crippen molar-refractivity contribution in [2.24, 2.45) is 0 Å². The van der Waals surface area contributed by atoms with Crippen LogP contribution < -0.4 is 5.32 Å². The summed E-state index contributed by atoms with van der Waals surface area (Å²) in [5.41, 5.74) is 2.29. The number of nitrogens with one attached hydrogen (secondary N) is 1. The minimum Gasteiger partial charge on any atom is -0.481 e. The van der Waals surface area contributed by atoms with Crippen LogP contribution in [-0.2, 0) is 17.8 Å². The first-order valence-corrected chi connectivity index (χ1v) is 9.67. The average Bonchev–Trinajstić information content (AvgIpc) is 3.22. The van der Waals surface area contributed by atoms with E-state index in [1.165, 1.54) is 12.1 Å². The largest absolute Gasteiger partial charge is 0.481 e. The summed E-state index contributed by atoms with van der Waals surface area (Å²) in [6.07, 6.45) is 4.86. The summed E-state index contributed by atoms with van der Waals surface area (Å²) in [5.74, 6) is -1.02. The van der Waals surface area contributed by atoms with Gasteiger partial charge in [-0.2, -0.15) is 0 Å². The van der Waals surface area contributed by atoms with Gasteiger partial charge in [0.25, 0.3) is 0 Å². The number of carboxylic acid groups (broad SMARTS) is 1. The van der Waals surface area contributed by atoms with Gasteiger partial charge in [-0.25, -0.2) is 14.4 Å². The summed E-state index contributed by atoms with van der Waals surface area (Å²) >= 11 is 12.6. The molecule has 0 saturated heterocycles. The van der Waals surface area contributed by atoms with Crippen LogP contribution in [0, 0.1) is 5.82 Å². The lowest BCUT2D eigenvalue weighted by Crippen LogP contribution is -2.06. The quantitative estimate of drug-likeness (QED) is 0.432. The Bertz CT molecular complexity index is 1250. The Kier molecular flexibility index (Phi) is 5.57. The second-order valence-corrected chi connectivity index (χ2v) is 7.43. The van der Waals surface area contributed by atoms with Gasteiger partial charge in [-0.15, -0.1) is 0 Å². The molecule has 152 valence electrons. The van der Waals surface area contributed by atoms with Crippen molar-refractivity contribution in [3.63, 3.8) is 0 Å². The normalized spacial score (nSPS) is 11.0. The molecule has 0 amide bonds. The molecule has 2 aromatic carbocycles. The Morgan fingerprint density at radius 1 is 1.17 bits per heavy atom. The number of aromatic nitrogens is 3. The Labute approximate surface area is 180 Å². The smallest absolute Gasteiger partial charge is 0.307 e. The van der Waals surface area contributed by atoms with Crippen LogP contribution in [0.15, 0.2) is 55.1 Å². The highest BCUT2D eigenvalue weighted by Crippen LogP contribution is 2.34. The molecule has 0 spiro atoms. The van der Waals surface area contributed by atoms with Gasteiger partial charge in [-0.05, 0) is 35.4 Å². The number of hydrogen-bond donors (Lipinski definition) is 2. The number of carbonyl (C=O) groups is 1. The van der Waals surface area contributed by atoms with Gasteiger partial charge in [-0.1, -0.05) is 29.3 Å². The maximum atomic E-state index is 13.9. The lowest BCUT2D eigenvalue weighted by Gasteiger charge is -2.13. The minimum atomic E-state index is -1.02. The van der Waals surface area contributed by atoms with Crippen molar-refractivity contribution in [3.8, 4) is 5.69 Å². The summed E-state index contributed by atoms with van der Waals surface area (Å²) in [6, 6.07) is 9.57. The van der Waals surface area contributed by atoms with Crippen LogP contribution in [0.1, 0.15) is 11.1 Å². The lowest BCUT2D eigenvalue weighted by molar-refractivity contribution is -0.136. The number of pyridine rings is 1. The van der Waals surface area contributed by atoms with Crippen molar-refractivity contribution in [2.45, 2.75) is 13.0 Å². The van der Waals surface area contributed by atoms with Gasteiger partial charge in [0.05, 0.1) is 34.0 Å². The van der Waals surface area contributed by atoms with Crippen molar-refractivity contribution in [2.75, 3.05) is 5.32 Å². The van der Waals surface area contributed by atoms with Crippen LogP contribution in [0.25, 0.3) is 16.6 Å². The molecule has 2 N–H and O–H groups in total. The molecule has 6 nitrogen and oxygen atoms in total. The predicted octanol–water partition coefficient (Wildman–Crippen LogP) is 5.11. The monoisotopic (exact) mass is 444 g/mol. The zero-order chi connectivity index (χ0) is 21.3. The van der Waals surface area contributed by atoms with E-state index in [1.54, 1.807) is 30.9 Å². The van der Waals surface area contributed by atoms with E-state index in [0.29, 0.717) is 32.5 Å². The van der Waals surface area contributed by atoms with Crippen LogP contribution in [-0.4, -0.2) is 25.6 Å². The summed E-state index contributed by atoms with van der Waals surface area (Å²) in [4.78, 5) is 19.6. The molecule has 4 aromatic rings. The summed E-state index contributed by atoms with van der Waals surface area (Å²) in [5, 5.41) is 13.6. The van der Waals surface area contributed by atoms with E-state index in [9.17, 15) is 9.18 Å². The molecule has 0 bridgehead atoms. The zero-order valence-corrected chi connectivity index (χ0v) is 17.0. The molecular formula is C21H15Cl2FN4O2. The van der Waals surface area contributed by atoms with E-state index in [0.717, 1.165) is 11.1 Å². The molecule has 0 unspecified atom stereocenters. The fourth-order valence-electron chi connectivity index (χ4n) is 3.21. The van der Waals surface area contributed by atoms with Gasteiger partial charge in [-0.3, -0.25) is 4.79 Å². The van der Waals surface area contributed by atoms with Crippen molar-refractivity contribution >= 4 is 45.9 Å².